The average molecular weight is 250 g/mol. The van der Waals surface area contributed by atoms with Crippen molar-refractivity contribution in [2.75, 3.05) is 19.5 Å². The molecular formula is C8H12F2N4O3. The average Bonchev–Trinajstić information content (AvgIpc) is 2.26. The maximum absolute atomic E-state index is 13.8. The van der Waals surface area contributed by atoms with E-state index in [1.165, 1.54) is 0 Å². The third-order valence-corrected chi connectivity index (χ3v) is 2.09. The Morgan fingerprint density at radius 2 is 2.29 bits per heavy atom. The molecule has 0 amide bonds. The van der Waals surface area contributed by atoms with Crippen molar-refractivity contribution in [3.63, 3.8) is 0 Å². The predicted molar refractivity (Wildman–Crippen MR) is 53.3 cm³/mol. The summed E-state index contributed by atoms with van der Waals surface area (Å²) >= 11 is 0. The van der Waals surface area contributed by atoms with Crippen molar-refractivity contribution < 1.29 is 18.6 Å². The number of nitrogens with zero attached hydrogens (tertiary/aromatic N) is 3. The number of nitrogens with two attached hydrogens (primary N) is 1. The fourth-order valence-corrected chi connectivity index (χ4v) is 1.22. The Bertz CT molecular complexity index is 463. The number of aliphatic hydroxyl groups excluding tert-OH is 1. The largest absolute Gasteiger partial charge is 0.393 e. The van der Waals surface area contributed by atoms with E-state index < -0.39 is 36.0 Å². The van der Waals surface area contributed by atoms with Crippen LogP contribution in [0.15, 0.2) is 4.79 Å². The summed E-state index contributed by atoms with van der Waals surface area (Å²) in [7, 11) is 1.08. The van der Waals surface area contributed by atoms with Gasteiger partial charge in [0.25, 0.3) is 5.95 Å². The fourth-order valence-electron chi connectivity index (χ4n) is 1.22. The van der Waals surface area contributed by atoms with Gasteiger partial charge in [0.2, 0.25) is 0 Å². The number of aliphatic hydroxyl groups is 1. The van der Waals surface area contributed by atoms with Gasteiger partial charge in [-0.2, -0.15) is 14.1 Å². The van der Waals surface area contributed by atoms with Gasteiger partial charge in [-0.15, -0.1) is 5.10 Å². The minimum atomic E-state index is -2.32. The minimum Gasteiger partial charge on any atom is -0.393 e. The first-order valence-electron chi connectivity index (χ1n) is 4.58. The van der Waals surface area contributed by atoms with Crippen molar-refractivity contribution >= 4 is 5.82 Å². The first-order valence-corrected chi connectivity index (χ1v) is 4.58. The first kappa shape index (κ1) is 13.5. The maximum Gasteiger partial charge on any atom is 0.368 e. The molecule has 0 bridgehead atoms. The van der Waals surface area contributed by atoms with E-state index in [9.17, 15) is 13.6 Å². The van der Waals surface area contributed by atoms with Gasteiger partial charge in [0.05, 0.1) is 6.61 Å². The van der Waals surface area contributed by atoms with Crippen LogP contribution in [-0.2, 0) is 4.74 Å². The Morgan fingerprint density at radius 3 is 2.76 bits per heavy atom. The van der Waals surface area contributed by atoms with Gasteiger partial charge in [0, 0.05) is 7.11 Å². The highest BCUT2D eigenvalue weighted by molar-refractivity contribution is 5.22. The van der Waals surface area contributed by atoms with E-state index in [0.29, 0.717) is 4.68 Å². The van der Waals surface area contributed by atoms with Gasteiger partial charge in [-0.25, -0.2) is 9.18 Å². The molecule has 0 radical (unpaired) electrons. The molecule has 7 nitrogen and oxygen atoms in total. The Labute approximate surface area is 94.8 Å². The van der Waals surface area contributed by atoms with Crippen LogP contribution < -0.4 is 11.4 Å². The zero-order valence-corrected chi connectivity index (χ0v) is 9.22. The molecule has 0 aliphatic carbocycles. The number of rotatable bonds is 4. The molecule has 0 aliphatic heterocycles. The number of nitrogen functional groups attached to an aromatic ring is 1. The summed E-state index contributed by atoms with van der Waals surface area (Å²) in [6.07, 6.45) is -1.61. The summed E-state index contributed by atoms with van der Waals surface area (Å²) in [6.45, 7) is 0.0369. The van der Waals surface area contributed by atoms with Crippen molar-refractivity contribution in [3.8, 4) is 0 Å². The summed E-state index contributed by atoms with van der Waals surface area (Å²) < 4.78 is 31.9. The Hall–Kier alpha value is -1.61. The highest BCUT2D eigenvalue weighted by atomic mass is 19.1. The highest BCUT2D eigenvalue weighted by Gasteiger charge is 2.37. The number of aromatic nitrogens is 3. The first-order chi connectivity index (χ1) is 7.83. The second-order valence-electron chi connectivity index (χ2n) is 3.54. The molecule has 17 heavy (non-hydrogen) atoms. The van der Waals surface area contributed by atoms with E-state index in [1.807, 2.05) is 0 Å². The third kappa shape index (κ3) is 2.56. The molecule has 0 aromatic carbocycles. The standard InChI is InChI=1S/C8H12F2N4O3/c1-8(10,3-15)6(17-2)14-7(16)12-5(11)4(9)13-14/h6,15H,3H2,1-2H3,(H2,11,12,16)/t6-,8-/m1/s1. The molecule has 9 heteroatoms. The molecule has 0 saturated heterocycles. The van der Waals surface area contributed by atoms with Crippen molar-refractivity contribution in [1.29, 1.82) is 0 Å². The van der Waals surface area contributed by atoms with Gasteiger partial charge in [0.15, 0.2) is 17.7 Å². The summed E-state index contributed by atoms with van der Waals surface area (Å²) in [5.74, 6) is -1.91. The van der Waals surface area contributed by atoms with Crippen LogP contribution in [0.5, 0.6) is 0 Å². The van der Waals surface area contributed by atoms with Crippen LogP contribution >= 0.6 is 0 Å². The fraction of sp³-hybridized carbons (Fsp3) is 0.625. The van der Waals surface area contributed by atoms with Gasteiger partial charge in [-0.1, -0.05) is 0 Å². The van der Waals surface area contributed by atoms with Crippen LogP contribution in [0.3, 0.4) is 0 Å². The predicted octanol–water partition coefficient (Wildman–Crippen LogP) is -0.775. The summed E-state index contributed by atoms with van der Waals surface area (Å²) in [5.41, 5.74) is 1.63. The molecule has 1 aromatic rings. The van der Waals surface area contributed by atoms with E-state index in [-0.39, 0.29) is 0 Å². The van der Waals surface area contributed by atoms with Crippen LogP contribution in [0.1, 0.15) is 13.2 Å². The second-order valence-corrected chi connectivity index (χ2v) is 3.54. The number of methoxy groups -OCH3 is 1. The monoisotopic (exact) mass is 250 g/mol. The van der Waals surface area contributed by atoms with Gasteiger partial charge in [-0.05, 0) is 6.92 Å². The molecule has 0 aliphatic rings. The minimum absolute atomic E-state index is 0.349. The lowest BCUT2D eigenvalue weighted by Crippen LogP contribution is -2.44. The van der Waals surface area contributed by atoms with Crippen molar-refractivity contribution in [3.05, 3.63) is 16.4 Å². The molecule has 1 rings (SSSR count). The maximum atomic E-state index is 13.8. The summed E-state index contributed by atoms with van der Waals surface area (Å²) in [5, 5.41) is 12.0. The Kier molecular flexibility index (Phi) is 3.73. The number of hydrogen-bond donors (Lipinski definition) is 2. The highest BCUT2D eigenvalue weighted by Crippen LogP contribution is 2.25. The van der Waals surface area contributed by atoms with Crippen molar-refractivity contribution in [2.24, 2.45) is 0 Å². The van der Waals surface area contributed by atoms with Gasteiger partial charge in [0.1, 0.15) is 0 Å². The molecule has 2 atom stereocenters. The molecule has 1 heterocycles. The Morgan fingerprint density at radius 1 is 1.71 bits per heavy atom. The summed E-state index contributed by atoms with van der Waals surface area (Å²) in [6, 6.07) is 0. The zero-order valence-electron chi connectivity index (χ0n) is 9.22. The number of hydrogen-bond acceptors (Lipinski definition) is 6. The van der Waals surface area contributed by atoms with Crippen molar-refractivity contribution in [2.45, 2.75) is 18.8 Å². The number of halogens is 2. The van der Waals surface area contributed by atoms with E-state index >= 15 is 0 Å². The smallest absolute Gasteiger partial charge is 0.368 e. The lowest BCUT2D eigenvalue weighted by molar-refractivity contribution is -0.107. The normalized spacial score (nSPS) is 16.5. The van der Waals surface area contributed by atoms with E-state index in [0.717, 1.165) is 14.0 Å². The molecule has 0 fully saturated rings. The number of anilines is 1. The van der Waals surface area contributed by atoms with Crippen LogP contribution in [0.25, 0.3) is 0 Å². The Balaban J connectivity index is 3.31. The van der Waals surface area contributed by atoms with Gasteiger partial charge >= 0.3 is 5.69 Å². The lowest BCUT2D eigenvalue weighted by Gasteiger charge is -2.27. The number of ether oxygens (including phenoxy) is 1. The van der Waals surface area contributed by atoms with Crippen molar-refractivity contribution in [1.82, 2.24) is 14.8 Å². The molecule has 1 aromatic heterocycles. The second kappa shape index (κ2) is 4.72. The van der Waals surface area contributed by atoms with Crippen LogP contribution in [0.2, 0.25) is 0 Å². The van der Waals surface area contributed by atoms with Crippen LogP contribution in [0, 0.1) is 5.95 Å². The topological polar surface area (TPSA) is 103 Å². The number of alkyl halides is 1. The molecule has 96 valence electrons. The van der Waals surface area contributed by atoms with E-state index in [4.69, 9.17) is 10.8 Å². The molecule has 0 unspecified atom stereocenters. The van der Waals surface area contributed by atoms with Crippen LogP contribution in [0.4, 0.5) is 14.6 Å². The molecular weight excluding hydrogens is 238 g/mol. The third-order valence-electron chi connectivity index (χ3n) is 2.09. The quantitative estimate of drug-likeness (QED) is 0.727. The lowest BCUT2D eigenvalue weighted by atomic mass is 10.1. The molecule has 0 saturated carbocycles. The SMILES string of the molecule is CO[C@@H](n1nc(F)c(N)nc1=O)[C@](C)(F)CO. The van der Waals surface area contributed by atoms with E-state index in [2.05, 4.69) is 14.8 Å². The van der Waals surface area contributed by atoms with Gasteiger partial charge < -0.3 is 15.6 Å². The van der Waals surface area contributed by atoms with Gasteiger partial charge in [-0.3, -0.25) is 0 Å². The zero-order chi connectivity index (χ0) is 13.2. The molecule has 3 N–H and O–H groups in total. The van der Waals surface area contributed by atoms with E-state index in [1.54, 1.807) is 0 Å². The summed E-state index contributed by atoms with van der Waals surface area (Å²) in [4.78, 5) is 14.5. The molecule has 0 spiro atoms. The van der Waals surface area contributed by atoms with Crippen LogP contribution in [-0.4, -0.2) is 39.3 Å².